The molecule has 0 heterocycles. The third kappa shape index (κ3) is 6.31. The minimum absolute atomic E-state index is 0.346. The predicted molar refractivity (Wildman–Crippen MR) is 95.1 cm³/mol. The molecule has 126 valence electrons. The predicted octanol–water partition coefficient (Wildman–Crippen LogP) is 5.11. The van der Waals surface area contributed by atoms with E-state index in [9.17, 15) is 4.79 Å². The van der Waals surface area contributed by atoms with Crippen molar-refractivity contribution in [2.24, 2.45) is 0 Å². The van der Waals surface area contributed by atoms with Crippen LogP contribution in [0.4, 0.5) is 0 Å². The summed E-state index contributed by atoms with van der Waals surface area (Å²) in [6, 6.07) is 5.66. The fraction of sp³-hybridized carbons (Fsp3) is 0.450. The molecule has 0 amide bonds. The molecule has 0 bridgehead atoms. The first-order chi connectivity index (χ1) is 11.0. The molecule has 0 spiro atoms. The first kappa shape index (κ1) is 19.0. The van der Waals surface area contributed by atoms with E-state index < -0.39 is 0 Å². The molecule has 1 rings (SSSR count). The van der Waals surface area contributed by atoms with Crippen LogP contribution in [-0.2, 0) is 11.2 Å². The number of methoxy groups -OCH3 is 2. The summed E-state index contributed by atoms with van der Waals surface area (Å²) in [4.78, 5) is 12.0. The SMILES string of the molecule is COC(=O)c1c(CC/C=C(\C)CCC=C(C)C)cccc1OC. The Kier molecular flexibility index (Phi) is 8.17. The van der Waals surface area contributed by atoms with Crippen LogP contribution in [0.2, 0.25) is 0 Å². The van der Waals surface area contributed by atoms with E-state index in [-0.39, 0.29) is 5.97 Å². The number of carbonyl (C=O) groups excluding carboxylic acids is 1. The van der Waals surface area contributed by atoms with Crippen molar-refractivity contribution in [1.82, 2.24) is 0 Å². The molecule has 0 fully saturated rings. The van der Waals surface area contributed by atoms with Gasteiger partial charge in [-0.25, -0.2) is 4.79 Å². The van der Waals surface area contributed by atoms with Crippen molar-refractivity contribution >= 4 is 5.97 Å². The van der Waals surface area contributed by atoms with E-state index in [0.29, 0.717) is 11.3 Å². The zero-order valence-corrected chi connectivity index (χ0v) is 14.9. The first-order valence-electron chi connectivity index (χ1n) is 8.02. The molecule has 1 aromatic rings. The van der Waals surface area contributed by atoms with Gasteiger partial charge in [0.2, 0.25) is 0 Å². The van der Waals surface area contributed by atoms with E-state index in [4.69, 9.17) is 9.47 Å². The molecule has 0 aliphatic rings. The number of hydrogen-bond donors (Lipinski definition) is 0. The summed E-state index contributed by atoms with van der Waals surface area (Å²) >= 11 is 0. The zero-order valence-electron chi connectivity index (χ0n) is 14.9. The molecule has 0 saturated heterocycles. The first-order valence-corrected chi connectivity index (χ1v) is 8.02. The highest BCUT2D eigenvalue weighted by Gasteiger charge is 2.17. The molecule has 0 aromatic heterocycles. The second-order valence-corrected chi connectivity index (χ2v) is 5.90. The van der Waals surface area contributed by atoms with Crippen LogP contribution in [0.1, 0.15) is 56.0 Å². The maximum Gasteiger partial charge on any atom is 0.341 e. The van der Waals surface area contributed by atoms with E-state index in [2.05, 4.69) is 32.9 Å². The van der Waals surface area contributed by atoms with Gasteiger partial charge in [0, 0.05) is 0 Å². The van der Waals surface area contributed by atoms with Crippen molar-refractivity contribution in [3.8, 4) is 5.75 Å². The largest absolute Gasteiger partial charge is 0.496 e. The normalized spacial score (nSPS) is 11.1. The molecular formula is C20H28O3. The van der Waals surface area contributed by atoms with Crippen LogP contribution in [-0.4, -0.2) is 20.2 Å². The average molecular weight is 316 g/mol. The monoisotopic (exact) mass is 316 g/mol. The Balaban J connectivity index is 2.74. The highest BCUT2D eigenvalue weighted by Crippen LogP contribution is 2.24. The minimum Gasteiger partial charge on any atom is -0.496 e. The van der Waals surface area contributed by atoms with Crippen LogP contribution in [0.3, 0.4) is 0 Å². The molecular weight excluding hydrogens is 288 g/mol. The van der Waals surface area contributed by atoms with Gasteiger partial charge in [-0.3, -0.25) is 0 Å². The summed E-state index contributed by atoms with van der Waals surface area (Å²) in [5.74, 6) is 0.223. The molecule has 0 atom stereocenters. The molecule has 0 aliphatic carbocycles. The van der Waals surface area contributed by atoms with E-state index in [1.54, 1.807) is 13.2 Å². The number of benzene rings is 1. The summed E-state index contributed by atoms with van der Waals surface area (Å²) in [6.45, 7) is 6.40. The molecule has 1 aromatic carbocycles. The maximum atomic E-state index is 12.0. The van der Waals surface area contributed by atoms with Crippen molar-refractivity contribution in [3.63, 3.8) is 0 Å². The van der Waals surface area contributed by atoms with Crippen molar-refractivity contribution in [1.29, 1.82) is 0 Å². The van der Waals surface area contributed by atoms with Gasteiger partial charge in [0.1, 0.15) is 11.3 Å². The Morgan fingerprint density at radius 2 is 1.83 bits per heavy atom. The van der Waals surface area contributed by atoms with E-state index >= 15 is 0 Å². The lowest BCUT2D eigenvalue weighted by atomic mass is 10.0. The average Bonchev–Trinajstić information content (AvgIpc) is 2.53. The van der Waals surface area contributed by atoms with Crippen molar-refractivity contribution in [2.75, 3.05) is 14.2 Å². The Morgan fingerprint density at radius 1 is 1.09 bits per heavy atom. The van der Waals surface area contributed by atoms with Crippen LogP contribution in [0.15, 0.2) is 41.5 Å². The van der Waals surface area contributed by atoms with Crippen LogP contribution >= 0.6 is 0 Å². The summed E-state index contributed by atoms with van der Waals surface area (Å²) in [7, 11) is 2.96. The summed E-state index contributed by atoms with van der Waals surface area (Å²) in [5.41, 5.74) is 4.24. The molecule has 0 N–H and O–H groups in total. The van der Waals surface area contributed by atoms with Crippen LogP contribution in [0.25, 0.3) is 0 Å². The maximum absolute atomic E-state index is 12.0. The second kappa shape index (κ2) is 9.88. The van der Waals surface area contributed by atoms with Gasteiger partial charge in [-0.15, -0.1) is 0 Å². The minimum atomic E-state index is -0.346. The fourth-order valence-electron chi connectivity index (χ4n) is 2.45. The Bertz CT molecular complexity index is 579. The molecule has 3 heteroatoms. The number of hydrogen-bond acceptors (Lipinski definition) is 3. The fourth-order valence-corrected chi connectivity index (χ4v) is 2.45. The zero-order chi connectivity index (χ0) is 17.2. The number of carbonyl (C=O) groups is 1. The lowest BCUT2D eigenvalue weighted by Gasteiger charge is -2.11. The highest BCUT2D eigenvalue weighted by atomic mass is 16.5. The number of rotatable bonds is 8. The number of allylic oxidation sites excluding steroid dienone is 4. The van der Waals surface area contributed by atoms with Crippen molar-refractivity contribution < 1.29 is 14.3 Å². The Hall–Kier alpha value is -2.03. The smallest absolute Gasteiger partial charge is 0.341 e. The van der Waals surface area contributed by atoms with Crippen LogP contribution < -0.4 is 4.74 Å². The Morgan fingerprint density at radius 3 is 2.43 bits per heavy atom. The summed E-state index contributed by atoms with van der Waals surface area (Å²) < 4.78 is 10.2. The van der Waals surface area contributed by atoms with Crippen molar-refractivity contribution in [3.05, 3.63) is 52.6 Å². The molecule has 23 heavy (non-hydrogen) atoms. The van der Waals surface area contributed by atoms with Gasteiger partial charge in [-0.05, 0) is 58.1 Å². The van der Waals surface area contributed by atoms with Gasteiger partial charge in [-0.1, -0.05) is 35.4 Å². The van der Waals surface area contributed by atoms with Gasteiger partial charge in [0.25, 0.3) is 0 Å². The molecule has 0 unspecified atom stereocenters. The van der Waals surface area contributed by atoms with E-state index in [1.807, 2.05) is 12.1 Å². The standard InChI is InChI=1S/C20H28O3/c1-15(2)9-6-10-16(3)11-7-12-17-13-8-14-18(22-4)19(17)20(21)23-5/h8-9,11,13-14H,6-7,10,12H2,1-5H3/b16-11+. The quantitative estimate of drug-likeness (QED) is 0.494. The van der Waals surface area contributed by atoms with Gasteiger partial charge < -0.3 is 9.47 Å². The van der Waals surface area contributed by atoms with Gasteiger partial charge in [-0.2, -0.15) is 0 Å². The molecule has 0 radical (unpaired) electrons. The highest BCUT2D eigenvalue weighted by molar-refractivity contribution is 5.94. The lowest BCUT2D eigenvalue weighted by Crippen LogP contribution is -2.08. The topological polar surface area (TPSA) is 35.5 Å². The summed E-state index contributed by atoms with van der Waals surface area (Å²) in [5, 5.41) is 0. The third-order valence-corrected chi connectivity index (χ3v) is 3.72. The second-order valence-electron chi connectivity index (χ2n) is 5.90. The summed E-state index contributed by atoms with van der Waals surface area (Å²) in [6.07, 6.45) is 8.36. The number of esters is 1. The lowest BCUT2D eigenvalue weighted by molar-refractivity contribution is 0.0596. The van der Waals surface area contributed by atoms with Gasteiger partial charge in [0.15, 0.2) is 0 Å². The van der Waals surface area contributed by atoms with Gasteiger partial charge in [0.05, 0.1) is 14.2 Å². The molecule has 0 aliphatic heterocycles. The van der Waals surface area contributed by atoms with Crippen molar-refractivity contribution in [2.45, 2.75) is 46.5 Å². The van der Waals surface area contributed by atoms with E-state index in [0.717, 1.165) is 31.2 Å². The van der Waals surface area contributed by atoms with Gasteiger partial charge >= 0.3 is 5.97 Å². The number of aryl methyl sites for hydroxylation is 1. The van der Waals surface area contributed by atoms with Crippen LogP contribution in [0.5, 0.6) is 5.75 Å². The number of ether oxygens (including phenoxy) is 2. The Labute approximate surface area is 140 Å². The molecule has 0 saturated carbocycles. The van der Waals surface area contributed by atoms with Crippen LogP contribution in [0, 0.1) is 0 Å². The van der Waals surface area contributed by atoms with E-state index in [1.165, 1.54) is 18.3 Å². The third-order valence-electron chi connectivity index (χ3n) is 3.72. The molecule has 3 nitrogen and oxygen atoms in total.